The quantitative estimate of drug-likeness (QED) is 0.0224. The second-order valence-corrected chi connectivity index (χ2v) is 16.6. The Morgan fingerprint density at radius 3 is 1.62 bits per heavy atom. The summed E-state index contributed by atoms with van der Waals surface area (Å²) < 4.78 is 34.1. The molecule has 11 atom stereocenters. The fourth-order valence-corrected chi connectivity index (χ4v) is 7.23. The van der Waals surface area contributed by atoms with Gasteiger partial charge in [0.25, 0.3) is 0 Å². The van der Waals surface area contributed by atoms with E-state index >= 15 is 0 Å². The minimum absolute atomic E-state index is 0.0554. The van der Waals surface area contributed by atoms with E-state index in [1.165, 1.54) is 70.6 Å². The molecule has 356 valence electrons. The molecule has 0 spiro atoms. The predicted molar refractivity (Wildman–Crippen MR) is 233 cm³/mol. The fraction of sp³-hybridized carbons (Fsp3) is 0.851. The average Bonchev–Trinajstić information content (AvgIpc) is 3.25. The number of aliphatic hydroxyl groups excluding tert-OH is 7. The lowest BCUT2D eigenvalue weighted by atomic mass is 9.98. The van der Waals surface area contributed by atoms with Crippen molar-refractivity contribution in [2.45, 2.75) is 223 Å². The largest absolute Gasteiger partial charge is 0.457 e. The summed E-state index contributed by atoms with van der Waals surface area (Å²) in [5, 5.41) is 71.8. The molecule has 0 aromatic carbocycles. The zero-order valence-corrected chi connectivity index (χ0v) is 37.4. The van der Waals surface area contributed by atoms with Crippen molar-refractivity contribution < 1.29 is 69.0 Å². The lowest BCUT2D eigenvalue weighted by molar-refractivity contribution is -0.332. The number of esters is 1. The van der Waals surface area contributed by atoms with Gasteiger partial charge in [0.15, 0.2) is 12.6 Å². The van der Waals surface area contributed by atoms with E-state index in [-0.39, 0.29) is 25.6 Å². The number of carbonyl (C=O) groups excluding carboxylic acids is 1. The van der Waals surface area contributed by atoms with Crippen LogP contribution in [-0.4, -0.2) is 142 Å². The molecule has 7 N–H and O–H groups in total. The summed E-state index contributed by atoms with van der Waals surface area (Å²) in [4.78, 5) is 12.8. The van der Waals surface area contributed by atoms with Crippen LogP contribution >= 0.6 is 0 Å². The molecule has 2 heterocycles. The smallest absolute Gasteiger partial charge is 0.306 e. The minimum Gasteiger partial charge on any atom is -0.457 e. The number of rotatable bonds is 36. The van der Waals surface area contributed by atoms with Crippen molar-refractivity contribution >= 4 is 5.97 Å². The molecule has 2 aliphatic rings. The first-order valence-corrected chi connectivity index (χ1v) is 23.6. The highest BCUT2D eigenvalue weighted by molar-refractivity contribution is 5.69. The molecule has 0 aromatic heterocycles. The van der Waals surface area contributed by atoms with Crippen LogP contribution in [0.15, 0.2) is 36.5 Å². The Labute approximate surface area is 366 Å². The third-order valence-corrected chi connectivity index (χ3v) is 11.2. The average molecular weight is 873 g/mol. The third kappa shape index (κ3) is 24.2. The number of hydrogen-bond acceptors (Lipinski definition) is 14. The Hall–Kier alpha value is -1.79. The molecule has 2 saturated heterocycles. The Morgan fingerprint density at radius 2 is 1.02 bits per heavy atom. The van der Waals surface area contributed by atoms with Gasteiger partial charge in [-0.1, -0.05) is 134 Å². The predicted octanol–water partition coefficient (Wildman–Crippen LogP) is 5.85. The number of ether oxygens (including phenoxy) is 6. The van der Waals surface area contributed by atoms with Crippen LogP contribution in [0.2, 0.25) is 0 Å². The van der Waals surface area contributed by atoms with Crippen molar-refractivity contribution in [3.8, 4) is 0 Å². The summed E-state index contributed by atoms with van der Waals surface area (Å²) >= 11 is 0. The maximum absolute atomic E-state index is 12.8. The molecule has 0 aromatic rings. The van der Waals surface area contributed by atoms with Crippen LogP contribution in [0.25, 0.3) is 0 Å². The normalized spacial score (nSPS) is 27.8. The van der Waals surface area contributed by atoms with Crippen LogP contribution in [0.4, 0.5) is 0 Å². The summed E-state index contributed by atoms with van der Waals surface area (Å²) in [7, 11) is 0. The van der Waals surface area contributed by atoms with Gasteiger partial charge in [0.05, 0.1) is 26.4 Å². The van der Waals surface area contributed by atoms with Gasteiger partial charge >= 0.3 is 5.97 Å². The van der Waals surface area contributed by atoms with Gasteiger partial charge in [-0.25, -0.2) is 0 Å². The van der Waals surface area contributed by atoms with E-state index in [4.69, 9.17) is 28.4 Å². The molecular formula is C47H84O14. The monoisotopic (exact) mass is 873 g/mol. The second kappa shape index (κ2) is 35.5. The molecule has 0 aliphatic carbocycles. The number of unbranched alkanes of at least 4 members (excludes halogenated alkanes) is 16. The zero-order valence-electron chi connectivity index (χ0n) is 37.4. The Kier molecular flexibility index (Phi) is 32.2. The van der Waals surface area contributed by atoms with E-state index < -0.39 is 80.7 Å². The Bertz CT molecular complexity index is 1150. The molecule has 0 saturated carbocycles. The highest BCUT2D eigenvalue weighted by Crippen LogP contribution is 2.26. The summed E-state index contributed by atoms with van der Waals surface area (Å²) in [5.41, 5.74) is 0. The molecule has 61 heavy (non-hydrogen) atoms. The van der Waals surface area contributed by atoms with E-state index in [1.807, 2.05) is 0 Å². The summed E-state index contributed by atoms with van der Waals surface area (Å²) in [6.45, 7) is 3.57. The van der Waals surface area contributed by atoms with Gasteiger partial charge in [0.2, 0.25) is 0 Å². The van der Waals surface area contributed by atoms with Crippen LogP contribution in [0, 0.1) is 0 Å². The van der Waals surface area contributed by atoms with Crippen LogP contribution in [-0.2, 0) is 33.2 Å². The van der Waals surface area contributed by atoms with Gasteiger partial charge in [-0.3, -0.25) is 4.79 Å². The summed E-state index contributed by atoms with van der Waals surface area (Å²) in [6, 6.07) is 0. The molecule has 14 nitrogen and oxygen atoms in total. The SMILES string of the molecule is CCCCC/C=C\C/C=C\C/C=C\CCCCCCCCCOCC(COC1OC(COC2OC(CO)C(O)C(O)C2O)C(O)C(O)C1O)OC(=O)CCCCCCCCC. The van der Waals surface area contributed by atoms with Crippen molar-refractivity contribution in [1.82, 2.24) is 0 Å². The van der Waals surface area contributed by atoms with Crippen LogP contribution in [0.1, 0.15) is 155 Å². The lowest BCUT2D eigenvalue weighted by Crippen LogP contribution is -2.61. The van der Waals surface area contributed by atoms with E-state index in [2.05, 4.69) is 50.3 Å². The third-order valence-electron chi connectivity index (χ3n) is 11.2. The molecule has 0 amide bonds. The topological polar surface area (TPSA) is 214 Å². The van der Waals surface area contributed by atoms with Crippen molar-refractivity contribution in [1.29, 1.82) is 0 Å². The van der Waals surface area contributed by atoms with Crippen LogP contribution in [0.3, 0.4) is 0 Å². The number of aliphatic hydroxyl groups is 7. The molecule has 14 heteroatoms. The van der Waals surface area contributed by atoms with E-state index in [9.17, 15) is 40.5 Å². The van der Waals surface area contributed by atoms with Gasteiger partial charge in [-0.05, 0) is 51.4 Å². The van der Waals surface area contributed by atoms with Crippen LogP contribution in [0.5, 0.6) is 0 Å². The van der Waals surface area contributed by atoms with Gasteiger partial charge < -0.3 is 64.2 Å². The van der Waals surface area contributed by atoms with Gasteiger partial charge in [-0.15, -0.1) is 0 Å². The molecule has 0 bridgehead atoms. The van der Waals surface area contributed by atoms with Gasteiger partial charge in [0.1, 0.15) is 54.9 Å². The fourth-order valence-electron chi connectivity index (χ4n) is 7.23. The first-order chi connectivity index (χ1) is 29.6. The van der Waals surface area contributed by atoms with Gasteiger partial charge in [0, 0.05) is 13.0 Å². The Morgan fingerprint density at radius 1 is 0.541 bits per heavy atom. The first kappa shape index (κ1) is 55.3. The maximum atomic E-state index is 12.8. The zero-order chi connectivity index (χ0) is 44.5. The molecule has 11 unspecified atom stereocenters. The highest BCUT2D eigenvalue weighted by Gasteiger charge is 2.47. The molecule has 2 fully saturated rings. The first-order valence-electron chi connectivity index (χ1n) is 23.6. The Balaban J connectivity index is 1.74. The van der Waals surface area contributed by atoms with Gasteiger partial charge in [-0.2, -0.15) is 0 Å². The van der Waals surface area contributed by atoms with Crippen molar-refractivity contribution in [3.05, 3.63) is 36.5 Å². The summed E-state index contributed by atoms with van der Waals surface area (Å²) in [5.74, 6) is -0.388. The molecule has 2 rings (SSSR count). The summed E-state index contributed by atoms with van der Waals surface area (Å²) in [6.07, 6.45) is 21.0. The van der Waals surface area contributed by atoms with E-state index in [0.717, 1.165) is 57.8 Å². The molecule has 0 radical (unpaired) electrons. The minimum atomic E-state index is -1.70. The van der Waals surface area contributed by atoms with Crippen molar-refractivity contribution in [2.24, 2.45) is 0 Å². The van der Waals surface area contributed by atoms with Crippen molar-refractivity contribution in [2.75, 3.05) is 33.0 Å². The standard InChI is InChI=1S/C47H84O14/c1-3-5-7-9-11-12-13-14-15-16-17-18-19-20-21-22-23-25-27-29-31-56-33-36(59-39(49)30-28-26-24-10-8-6-4-2)34-57-46-45(55)43(53)41(51)38(61-46)35-58-47-44(54)42(52)40(50)37(32-48)60-47/h11-12,14-15,17-18,36-38,40-48,50-55H,3-10,13,16,19-35H2,1-2H3/b12-11-,15-14-,18-17-. The van der Waals surface area contributed by atoms with Crippen LogP contribution < -0.4 is 0 Å². The maximum Gasteiger partial charge on any atom is 0.306 e. The highest BCUT2D eigenvalue weighted by atomic mass is 16.7. The molecule has 2 aliphatic heterocycles. The molecular weight excluding hydrogens is 789 g/mol. The second-order valence-electron chi connectivity index (χ2n) is 16.6. The number of allylic oxidation sites excluding steroid dienone is 6. The number of carbonyl (C=O) groups is 1. The lowest BCUT2D eigenvalue weighted by Gasteiger charge is -2.42. The van der Waals surface area contributed by atoms with Crippen molar-refractivity contribution in [3.63, 3.8) is 0 Å². The number of hydrogen-bond donors (Lipinski definition) is 7. The van der Waals surface area contributed by atoms with E-state index in [0.29, 0.717) is 13.0 Å². The van der Waals surface area contributed by atoms with E-state index in [1.54, 1.807) is 0 Å².